The molecule has 3 nitrogen and oxygen atoms in total. The van der Waals surface area contributed by atoms with Crippen LogP contribution < -0.4 is 0 Å². The van der Waals surface area contributed by atoms with Gasteiger partial charge in [-0.1, -0.05) is 153 Å². The molecule has 0 saturated carbocycles. The maximum absolute atomic E-state index is 5.33. The van der Waals surface area contributed by atoms with Crippen molar-refractivity contribution in [3.05, 3.63) is 175 Å². The third-order valence-electron chi connectivity index (χ3n) is 10.6. The zero-order chi connectivity index (χ0) is 33.4. The predicted octanol–water partition coefficient (Wildman–Crippen LogP) is 12.0. The largest absolute Gasteiger partial charge is 0.277 e. The van der Waals surface area contributed by atoms with E-state index in [1.54, 1.807) is 0 Å². The molecule has 0 bridgehead atoms. The van der Waals surface area contributed by atoms with Gasteiger partial charge in [-0.3, -0.25) is 4.57 Å². The van der Waals surface area contributed by atoms with Gasteiger partial charge in [0.2, 0.25) is 5.95 Å². The van der Waals surface area contributed by atoms with E-state index in [2.05, 4.69) is 176 Å². The van der Waals surface area contributed by atoms with Crippen molar-refractivity contribution in [1.82, 2.24) is 14.5 Å². The summed E-state index contributed by atoms with van der Waals surface area (Å²) in [5.41, 5.74) is 15.3. The van der Waals surface area contributed by atoms with Crippen LogP contribution in [0.4, 0.5) is 0 Å². The molecule has 0 radical (unpaired) electrons. The van der Waals surface area contributed by atoms with E-state index in [1.807, 2.05) is 6.07 Å². The summed E-state index contributed by atoms with van der Waals surface area (Å²) in [5.74, 6) is 0.664. The van der Waals surface area contributed by atoms with Crippen molar-refractivity contribution in [2.45, 2.75) is 19.3 Å². The molecule has 2 aromatic heterocycles. The Labute approximate surface area is 291 Å². The minimum absolute atomic E-state index is 0.0133. The second kappa shape index (κ2) is 10.8. The molecular formula is C47H33N3. The zero-order valence-corrected chi connectivity index (χ0v) is 27.9. The first-order valence-electron chi connectivity index (χ1n) is 17.3. The molecular weight excluding hydrogens is 607 g/mol. The van der Waals surface area contributed by atoms with Gasteiger partial charge in [-0.05, 0) is 63.2 Å². The van der Waals surface area contributed by atoms with Crippen LogP contribution in [0.3, 0.4) is 0 Å². The van der Waals surface area contributed by atoms with Gasteiger partial charge < -0.3 is 0 Å². The number of fused-ring (bicyclic) bond motifs is 7. The first kappa shape index (κ1) is 28.7. The van der Waals surface area contributed by atoms with Crippen LogP contribution in [0.2, 0.25) is 0 Å². The maximum Gasteiger partial charge on any atom is 0.235 e. The minimum atomic E-state index is -0.0133. The Morgan fingerprint density at radius 3 is 1.98 bits per heavy atom. The van der Waals surface area contributed by atoms with Crippen molar-refractivity contribution >= 4 is 32.7 Å². The lowest BCUT2D eigenvalue weighted by Gasteiger charge is -2.21. The summed E-state index contributed by atoms with van der Waals surface area (Å²) in [7, 11) is 0. The smallest absolute Gasteiger partial charge is 0.235 e. The van der Waals surface area contributed by atoms with Gasteiger partial charge in [0.15, 0.2) is 0 Å². The monoisotopic (exact) mass is 639 g/mol. The fourth-order valence-electron chi connectivity index (χ4n) is 8.21. The molecule has 0 unspecified atom stereocenters. The third kappa shape index (κ3) is 4.23. The SMILES string of the molecule is CC1(C)c2ccccc2-c2cc(-c3cccc(-c4cccc5c6ccccc6n(-c6nc(-c7ccccc7)c7ccccc7n6)c45)c3)ccc21. The van der Waals surface area contributed by atoms with Crippen molar-refractivity contribution in [3.8, 4) is 50.6 Å². The Hall–Kier alpha value is -6.32. The van der Waals surface area contributed by atoms with E-state index in [9.17, 15) is 0 Å². The highest BCUT2D eigenvalue weighted by Gasteiger charge is 2.35. The first-order chi connectivity index (χ1) is 24.6. The van der Waals surface area contributed by atoms with E-state index < -0.39 is 0 Å². The molecule has 1 aliphatic rings. The molecule has 0 N–H and O–H groups in total. The zero-order valence-electron chi connectivity index (χ0n) is 27.9. The number of benzene rings is 7. The number of hydrogen-bond acceptors (Lipinski definition) is 2. The average Bonchev–Trinajstić information content (AvgIpc) is 3.63. The third-order valence-corrected chi connectivity index (χ3v) is 10.6. The molecule has 7 aromatic carbocycles. The Balaban J connectivity index is 1.19. The number of rotatable bonds is 4. The Morgan fingerprint density at radius 2 is 1.08 bits per heavy atom. The molecule has 0 fully saturated rings. The van der Waals surface area contributed by atoms with Crippen molar-refractivity contribution in [1.29, 1.82) is 0 Å². The van der Waals surface area contributed by atoms with Crippen LogP contribution >= 0.6 is 0 Å². The highest BCUT2D eigenvalue weighted by Crippen LogP contribution is 2.49. The fraction of sp³-hybridized carbons (Fsp3) is 0.0638. The van der Waals surface area contributed by atoms with Crippen LogP contribution in [0.25, 0.3) is 83.3 Å². The van der Waals surface area contributed by atoms with Crippen LogP contribution in [0.1, 0.15) is 25.0 Å². The summed E-state index contributed by atoms with van der Waals surface area (Å²) in [6, 6.07) is 58.8. The molecule has 1 aliphatic carbocycles. The van der Waals surface area contributed by atoms with E-state index in [4.69, 9.17) is 9.97 Å². The lowest BCUT2D eigenvalue weighted by Crippen LogP contribution is -2.14. The van der Waals surface area contributed by atoms with Crippen molar-refractivity contribution < 1.29 is 0 Å². The highest BCUT2D eigenvalue weighted by atomic mass is 15.2. The Kier molecular flexibility index (Phi) is 6.22. The molecule has 9 aromatic rings. The van der Waals surface area contributed by atoms with Gasteiger partial charge >= 0.3 is 0 Å². The number of nitrogens with zero attached hydrogens (tertiary/aromatic N) is 3. The van der Waals surface area contributed by atoms with Crippen molar-refractivity contribution in [2.24, 2.45) is 0 Å². The summed E-state index contributed by atoms with van der Waals surface area (Å²) < 4.78 is 2.26. The number of hydrogen-bond donors (Lipinski definition) is 0. The van der Waals surface area contributed by atoms with Crippen LogP contribution in [0, 0.1) is 0 Å². The molecule has 0 spiro atoms. The minimum Gasteiger partial charge on any atom is -0.277 e. The highest BCUT2D eigenvalue weighted by molar-refractivity contribution is 6.14. The summed E-state index contributed by atoms with van der Waals surface area (Å²) in [4.78, 5) is 10.5. The quantitative estimate of drug-likeness (QED) is 0.192. The maximum atomic E-state index is 5.33. The molecule has 2 heterocycles. The van der Waals surface area contributed by atoms with Gasteiger partial charge in [-0.25, -0.2) is 9.97 Å². The molecule has 50 heavy (non-hydrogen) atoms. The van der Waals surface area contributed by atoms with Gasteiger partial charge in [0.05, 0.1) is 22.2 Å². The molecule has 236 valence electrons. The first-order valence-corrected chi connectivity index (χ1v) is 17.3. The molecule has 0 aliphatic heterocycles. The molecule has 0 atom stereocenters. The van der Waals surface area contributed by atoms with Crippen LogP contribution in [-0.4, -0.2) is 14.5 Å². The summed E-state index contributed by atoms with van der Waals surface area (Å²) >= 11 is 0. The second-order valence-electron chi connectivity index (χ2n) is 13.8. The van der Waals surface area contributed by atoms with Gasteiger partial charge in [0.1, 0.15) is 0 Å². The predicted molar refractivity (Wildman–Crippen MR) is 208 cm³/mol. The van der Waals surface area contributed by atoms with E-state index in [0.717, 1.165) is 44.3 Å². The van der Waals surface area contributed by atoms with Gasteiger partial charge in [-0.15, -0.1) is 0 Å². The van der Waals surface area contributed by atoms with E-state index in [1.165, 1.54) is 44.2 Å². The normalized spacial score (nSPS) is 13.2. The molecule has 10 rings (SSSR count). The topological polar surface area (TPSA) is 30.7 Å². The average molecular weight is 640 g/mol. The van der Waals surface area contributed by atoms with Crippen molar-refractivity contribution in [3.63, 3.8) is 0 Å². The molecule has 0 amide bonds. The summed E-state index contributed by atoms with van der Waals surface area (Å²) in [6.07, 6.45) is 0. The van der Waals surface area contributed by atoms with Gasteiger partial charge in [0, 0.05) is 32.7 Å². The molecule has 0 saturated heterocycles. The fourth-order valence-corrected chi connectivity index (χ4v) is 8.21. The van der Waals surface area contributed by atoms with Gasteiger partial charge in [-0.2, -0.15) is 0 Å². The lowest BCUT2D eigenvalue weighted by atomic mass is 9.82. The number of para-hydroxylation sites is 3. The van der Waals surface area contributed by atoms with E-state index in [-0.39, 0.29) is 5.41 Å². The standard InChI is InChI=1S/C47H33N3/c1-47(2)40-23-9-6-18-35(40)39-29-32(26-27-41(39)47)31-16-12-17-33(28-31)34-21-13-22-37-36-19-8-11-25-43(36)50(45(34)37)46-48-42-24-10-7-20-38(42)44(49-46)30-14-4-3-5-15-30/h3-29H,1-2H3. The Morgan fingerprint density at radius 1 is 0.440 bits per heavy atom. The Bertz CT molecular complexity index is 2790. The summed E-state index contributed by atoms with van der Waals surface area (Å²) in [6.45, 7) is 4.67. The van der Waals surface area contributed by atoms with Crippen molar-refractivity contribution in [2.75, 3.05) is 0 Å². The van der Waals surface area contributed by atoms with Crippen LogP contribution in [-0.2, 0) is 5.41 Å². The van der Waals surface area contributed by atoms with E-state index in [0.29, 0.717) is 5.95 Å². The van der Waals surface area contributed by atoms with E-state index >= 15 is 0 Å². The summed E-state index contributed by atoms with van der Waals surface area (Å²) in [5, 5.41) is 3.40. The van der Waals surface area contributed by atoms with Gasteiger partial charge in [0.25, 0.3) is 0 Å². The number of aromatic nitrogens is 3. The second-order valence-corrected chi connectivity index (χ2v) is 13.8. The lowest BCUT2D eigenvalue weighted by molar-refractivity contribution is 0.660. The van der Waals surface area contributed by atoms with Crippen LogP contribution in [0.5, 0.6) is 0 Å². The molecule has 3 heteroatoms. The van der Waals surface area contributed by atoms with Crippen LogP contribution in [0.15, 0.2) is 164 Å².